The number of hydrogen-bond donors (Lipinski definition) is 0. The molecule has 0 fully saturated rings. The zero-order chi connectivity index (χ0) is 32.1. The number of fused-ring (bicyclic) bond motifs is 11. The summed E-state index contributed by atoms with van der Waals surface area (Å²) in [5.74, 6) is 0.830. The van der Waals surface area contributed by atoms with Crippen LogP contribution in [-0.2, 0) is 0 Å². The maximum atomic E-state index is 5.46. The molecular formula is C44H26N4S. The van der Waals surface area contributed by atoms with Crippen molar-refractivity contribution in [2.45, 2.75) is 0 Å². The van der Waals surface area contributed by atoms with Gasteiger partial charge in [-0.15, -0.1) is 11.3 Å². The molecular weight excluding hydrogens is 617 g/mol. The van der Waals surface area contributed by atoms with Crippen molar-refractivity contribution >= 4 is 86.2 Å². The Bertz CT molecular complexity index is 3100. The van der Waals surface area contributed by atoms with Gasteiger partial charge in [0.25, 0.3) is 0 Å². The van der Waals surface area contributed by atoms with Crippen LogP contribution in [0.3, 0.4) is 0 Å². The summed E-state index contributed by atoms with van der Waals surface area (Å²) in [6.07, 6.45) is 0. The Kier molecular flexibility index (Phi) is 5.51. The van der Waals surface area contributed by atoms with Gasteiger partial charge in [-0.05, 0) is 48.5 Å². The Labute approximate surface area is 284 Å². The van der Waals surface area contributed by atoms with E-state index in [1.807, 2.05) is 23.5 Å². The maximum absolute atomic E-state index is 5.46. The topological polar surface area (TPSA) is 35.6 Å². The largest absolute Gasteiger partial charge is 0.309 e. The first-order valence-electron chi connectivity index (χ1n) is 16.5. The van der Waals surface area contributed by atoms with Gasteiger partial charge in [-0.1, -0.05) is 109 Å². The minimum absolute atomic E-state index is 0.830. The van der Waals surface area contributed by atoms with Gasteiger partial charge in [0.05, 0.1) is 37.8 Å². The molecule has 0 unspecified atom stereocenters. The molecule has 7 aromatic carbocycles. The second-order valence-corrected chi connectivity index (χ2v) is 13.6. The number of aromatic nitrogens is 4. The van der Waals surface area contributed by atoms with Crippen LogP contribution in [0, 0.1) is 0 Å². The van der Waals surface area contributed by atoms with Crippen molar-refractivity contribution in [2.75, 3.05) is 0 Å². The van der Waals surface area contributed by atoms with Crippen molar-refractivity contribution in [3.8, 4) is 22.8 Å². The van der Waals surface area contributed by atoms with Crippen molar-refractivity contribution in [2.24, 2.45) is 0 Å². The van der Waals surface area contributed by atoms with Crippen LogP contribution >= 0.6 is 11.3 Å². The highest BCUT2D eigenvalue weighted by Gasteiger charge is 2.24. The SMILES string of the molecule is c1ccc(-c2nc3ccccc3nc2-n2c3cc4c(cc3c3ccc5c6ccccc6sc5c32)c2ccccc2n4-c2ccccc2)cc1. The molecule has 0 radical (unpaired) electrons. The fraction of sp³-hybridized carbons (Fsp3) is 0. The summed E-state index contributed by atoms with van der Waals surface area (Å²) >= 11 is 1.86. The number of thiophene rings is 1. The highest BCUT2D eigenvalue weighted by molar-refractivity contribution is 7.26. The van der Waals surface area contributed by atoms with Crippen LogP contribution in [0.4, 0.5) is 0 Å². The number of hydrogen-bond acceptors (Lipinski definition) is 3. The van der Waals surface area contributed by atoms with Crippen LogP contribution in [0.1, 0.15) is 0 Å². The maximum Gasteiger partial charge on any atom is 0.165 e. The van der Waals surface area contributed by atoms with E-state index in [-0.39, 0.29) is 0 Å². The molecule has 5 heteroatoms. The summed E-state index contributed by atoms with van der Waals surface area (Å²) in [5.41, 5.74) is 9.40. The van der Waals surface area contributed by atoms with E-state index < -0.39 is 0 Å². The molecule has 4 heterocycles. The molecule has 4 nitrogen and oxygen atoms in total. The zero-order valence-electron chi connectivity index (χ0n) is 26.2. The van der Waals surface area contributed by atoms with E-state index in [1.165, 1.54) is 52.8 Å². The first-order chi connectivity index (χ1) is 24.3. The first-order valence-corrected chi connectivity index (χ1v) is 17.3. The molecule has 0 N–H and O–H groups in total. The summed E-state index contributed by atoms with van der Waals surface area (Å²) in [5, 5.41) is 7.42. The number of rotatable bonds is 3. The van der Waals surface area contributed by atoms with Crippen LogP contribution in [-0.4, -0.2) is 19.1 Å². The van der Waals surface area contributed by atoms with Crippen LogP contribution in [0.15, 0.2) is 158 Å². The lowest BCUT2D eigenvalue weighted by Crippen LogP contribution is -2.04. The normalized spacial score (nSPS) is 12.1. The van der Waals surface area contributed by atoms with Gasteiger partial charge in [-0.3, -0.25) is 4.57 Å². The van der Waals surface area contributed by atoms with Crippen molar-refractivity contribution in [1.29, 1.82) is 0 Å². The summed E-state index contributed by atoms with van der Waals surface area (Å²) in [6.45, 7) is 0. The van der Waals surface area contributed by atoms with Gasteiger partial charge in [0.1, 0.15) is 5.69 Å². The van der Waals surface area contributed by atoms with Crippen molar-refractivity contribution in [1.82, 2.24) is 19.1 Å². The van der Waals surface area contributed by atoms with E-state index in [0.29, 0.717) is 0 Å². The molecule has 0 aliphatic carbocycles. The number of para-hydroxylation sites is 4. The third-order valence-corrected chi connectivity index (χ3v) is 11.1. The highest BCUT2D eigenvalue weighted by Crippen LogP contribution is 2.46. The van der Waals surface area contributed by atoms with Crippen LogP contribution in [0.5, 0.6) is 0 Å². The molecule has 0 saturated heterocycles. The Morgan fingerprint density at radius 2 is 1.06 bits per heavy atom. The molecule has 49 heavy (non-hydrogen) atoms. The second-order valence-electron chi connectivity index (χ2n) is 12.6. The molecule has 0 bridgehead atoms. The smallest absolute Gasteiger partial charge is 0.165 e. The summed E-state index contributed by atoms with van der Waals surface area (Å²) < 4.78 is 7.33. The molecule has 228 valence electrons. The van der Waals surface area contributed by atoms with Gasteiger partial charge in [-0.25, -0.2) is 9.97 Å². The van der Waals surface area contributed by atoms with Crippen LogP contribution in [0.2, 0.25) is 0 Å². The molecule has 0 saturated carbocycles. The third-order valence-electron chi connectivity index (χ3n) is 9.89. The Balaban J connectivity index is 1.38. The fourth-order valence-electron chi connectivity index (χ4n) is 7.75. The van der Waals surface area contributed by atoms with Crippen molar-refractivity contribution in [3.05, 3.63) is 158 Å². The van der Waals surface area contributed by atoms with Gasteiger partial charge in [0, 0.05) is 48.3 Å². The minimum Gasteiger partial charge on any atom is -0.309 e. The fourth-order valence-corrected chi connectivity index (χ4v) is 8.99. The minimum atomic E-state index is 0.830. The predicted octanol–water partition coefficient (Wildman–Crippen LogP) is 11.9. The summed E-state index contributed by atoms with van der Waals surface area (Å²) in [6, 6.07) is 56.2. The molecule has 0 spiro atoms. The van der Waals surface area contributed by atoms with Crippen molar-refractivity contribution < 1.29 is 0 Å². The average Bonchev–Trinajstić information content (AvgIpc) is 3.81. The summed E-state index contributed by atoms with van der Waals surface area (Å²) in [4.78, 5) is 10.8. The van der Waals surface area contributed by atoms with Gasteiger partial charge in [-0.2, -0.15) is 0 Å². The van der Waals surface area contributed by atoms with Crippen molar-refractivity contribution in [3.63, 3.8) is 0 Å². The van der Waals surface area contributed by atoms with E-state index in [2.05, 4.69) is 155 Å². The molecule has 0 aliphatic heterocycles. The summed E-state index contributed by atoms with van der Waals surface area (Å²) in [7, 11) is 0. The van der Waals surface area contributed by atoms with Gasteiger partial charge in [0.15, 0.2) is 5.82 Å². The van der Waals surface area contributed by atoms with Crippen LogP contribution in [0.25, 0.3) is 97.6 Å². The molecule has 4 aromatic heterocycles. The van der Waals surface area contributed by atoms with E-state index >= 15 is 0 Å². The Morgan fingerprint density at radius 1 is 0.429 bits per heavy atom. The zero-order valence-corrected chi connectivity index (χ0v) is 27.0. The monoisotopic (exact) mass is 642 g/mol. The predicted molar refractivity (Wildman–Crippen MR) is 207 cm³/mol. The lowest BCUT2D eigenvalue weighted by atomic mass is 10.1. The Morgan fingerprint density at radius 3 is 1.90 bits per heavy atom. The van der Waals surface area contributed by atoms with E-state index in [1.54, 1.807) is 0 Å². The molecule has 0 atom stereocenters. The first kappa shape index (κ1) is 26.7. The lowest BCUT2D eigenvalue weighted by Gasteiger charge is -2.14. The highest BCUT2D eigenvalue weighted by atomic mass is 32.1. The van der Waals surface area contributed by atoms with Crippen LogP contribution < -0.4 is 0 Å². The second kappa shape index (κ2) is 10.1. The molecule has 0 amide bonds. The number of benzene rings is 7. The molecule has 0 aliphatic rings. The van der Waals surface area contributed by atoms with Gasteiger partial charge in [0.2, 0.25) is 0 Å². The number of nitrogens with zero attached hydrogens (tertiary/aromatic N) is 4. The van der Waals surface area contributed by atoms with E-state index in [4.69, 9.17) is 9.97 Å². The standard InChI is InChI=1S/C44H26N4S/c1-3-13-27(14-4-1)41-44(46-36-20-10-9-19-35(36)45-41)48-39-26-38-33(29-17-7-11-21-37(29)47(38)28-15-5-2-6-16-28)25-34(39)31-23-24-32-30-18-8-12-22-40(30)49-43(32)42(31)48/h1-26H. The average molecular weight is 643 g/mol. The van der Waals surface area contributed by atoms with Gasteiger partial charge >= 0.3 is 0 Å². The molecule has 11 aromatic rings. The van der Waals surface area contributed by atoms with Gasteiger partial charge < -0.3 is 4.57 Å². The van der Waals surface area contributed by atoms with E-state index in [9.17, 15) is 0 Å². The Hall–Kier alpha value is -6.30. The quantitative estimate of drug-likeness (QED) is 0.192. The van der Waals surface area contributed by atoms with E-state index in [0.717, 1.165) is 44.8 Å². The lowest BCUT2D eigenvalue weighted by molar-refractivity contribution is 1.08. The molecule has 11 rings (SSSR count). The third kappa shape index (κ3) is 3.79.